The van der Waals surface area contributed by atoms with Gasteiger partial charge in [0.2, 0.25) is 0 Å². The second-order valence-electron chi connectivity index (χ2n) is 3.93. The highest BCUT2D eigenvalue weighted by Crippen LogP contribution is 2.12. The lowest BCUT2D eigenvalue weighted by Crippen LogP contribution is -2.38. The van der Waals surface area contributed by atoms with Crippen LogP contribution in [0.15, 0.2) is 29.2 Å². The Morgan fingerprint density at radius 2 is 2.00 bits per heavy atom. The van der Waals surface area contributed by atoms with Gasteiger partial charge in [-0.2, -0.15) is 0 Å². The lowest BCUT2D eigenvalue weighted by atomic mass is 10.3. The van der Waals surface area contributed by atoms with Crippen LogP contribution in [0.5, 0.6) is 0 Å². The van der Waals surface area contributed by atoms with E-state index in [-0.39, 0.29) is 5.82 Å². The molecular formula is C12H16FNO2S. The lowest BCUT2D eigenvalue weighted by Gasteiger charge is -2.26. The Labute approximate surface area is 103 Å². The molecule has 1 atom stereocenters. The Hall–Kier alpha value is -0.780. The molecule has 0 amide bonds. The molecule has 0 spiro atoms. The number of hydrogen-bond donors (Lipinski definition) is 0. The average Bonchev–Trinajstić information content (AvgIpc) is 2.38. The Bertz CT molecular complexity index is 394. The van der Waals surface area contributed by atoms with Crippen molar-refractivity contribution in [2.45, 2.75) is 4.90 Å². The third-order valence-corrected chi connectivity index (χ3v) is 4.15. The largest absolute Gasteiger partial charge is 0.379 e. The maximum Gasteiger partial charge on any atom is 0.139 e. The van der Waals surface area contributed by atoms with E-state index in [1.54, 1.807) is 18.2 Å². The smallest absolute Gasteiger partial charge is 0.139 e. The van der Waals surface area contributed by atoms with Crippen molar-refractivity contribution in [2.24, 2.45) is 0 Å². The van der Waals surface area contributed by atoms with Gasteiger partial charge in [-0.15, -0.1) is 0 Å². The fraction of sp³-hybridized carbons (Fsp3) is 0.500. The first kappa shape index (κ1) is 12.7. The van der Waals surface area contributed by atoms with Crippen molar-refractivity contribution in [3.05, 3.63) is 30.1 Å². The van der Waals surface area contributed by atoms with Gasteiger partial charge in [0, 0.05) is 25.4 Å². The van der Waals surface area contributed by atoms with Crippen molar-refractivity contribution >= 4 is 10.8 Å². The zero-order valence-corrected chi connectivity index (χ0v) is 10.4. The molecule has 17 heavy (non-hydrogen) atoms. The van der Waals surface area contributed by atoms with Crippen LogP contribution in [0.3, 0.4) is 0 Å². The number of hydrogen-bond acceptors (Lipinski definition) is 3. The predicted octanol–water partition coefficient (Wildman–Crippen LogP) is 1.27. The molecule has 3 nitrogen and oxygen atoms in total. The minimum absolute atomic E-state index is 0.306. The number of benzene rings is 1. The van der Waals surface area contributed by atoms with Gasteiger partial charge in [-0.25, -0.2) is 4.39 Å². The molecule has 1 aromatic carbocycles. The number of nitrogens with zero attached hydrogens (tertiary/aromatic N) is 1. The summed E-state index contributed by atoms with van der Waals surface area (Å²) in [5, 5.41) is 0. The van der Waals surface area contributed by atoms with Gasteiger partial charge < -0.3 is 4.74 Å². The Morgan fingerprint density at radius 3 is 2.71 bits per heavy atom. The summed E-state index contributed by atoms with van der Waals surface area (Å²) in [4.78, 5) is 2.50. The van der Waals surface area contributed by atoms with Crippen LogP contribution in [-0.4, -0.2) is 47.7 Å². The maximum atomic E-state index is 13.4. The summed E-state index contributed by atoms with van der Waals surface area (Å²) in [6, 6.07) is 6.26. The second-order valence-corrected chi connectivity index (χ2v) is 5.47. The van der Waals surface area contributed by atoms with Crippen LogP contribution < -0.4 is 0 Å². The minimum atomic E-state index is -1.25. The third kappa shape index (κ3) is 3.59. The molecule has 0 aromatic heterocycles. The summed E-state index contributed by atoms with van der Waals surface area (Å²) in [6.45, 7) is 3.92. The highest BCUT2D eigenvalue weighted by atomic mass is 32.2. The first-order valence-electron chi connectivity index (χ1n) is 5.70. The SMILES string of the molecule is O=S(CCN1CCOCC1)c1ccccc1F. The molecule has 1 aliphatic rings. The molecule has 1 heterocycles. The summed E-state index contributed by atoms with van der Waals surface area (Å²) in [5.41, 5.74) is 0. The van der Waals surface area contributed by atoms with E-state index in [0.717, 1.165) is 32.8 Å². The van der Waals surface area contributed by atoms with Crippen molar-refractivity contribution in [3.8, 4) is 0 Å². The monoisotopic (exact) mass is 257 g/mol. The molecule has 0 saturated carbocycles. The molecule has 0 N–H and O–H groups in total. The van der Waals surface area contributed by atoms with E-state index in [2.05, 4.69) is 4.90 Å². The van der Waals surface area contributed by atoms with Crippen molar-refractivity contribution in [1.82, 2.24) is 4.90 Å². The van der Waals surface area contributed by atoms with Crippen LogP contribution in [0, 0.1) is 5.82 Å². The third-order valence-electron chi connectivity index (χ3n) is 2.78. The van der Waals surface area contributed by atoms with Gasteiger partial charge >= 0.3 is 0 Å². The molecule has 0 bridgehead atoms. The second kappa shape index (κ2) is 6.23. The van der Waals surface area contributed by atoms with Gasteiger partial charge in [0.25, 0.3) is 0 Å². The van der Waals surface area contributed by atoms with Crippen LogP contribution in [0.2, 0.25) is 0 Å². The summed E-state index contributed by atoms with van der Waals surface area (Å²) < 4.78 is 30.5. The molecule has 1 aromatic rings. The van der Waals surface area contributed by atoms with Crippen molar-refractivity contribution < 1.29 is 13.3 Å². The van der Waals surface area contributed by atoms with Crippen LogP contribution in [0.4, 0.5) is 4.39 Å². The molecule has 1 fully saturated rings. The van der Waals surface area contributed by atoms with Crippen LogP contribution in [0.1, 0.15) is 0 Å². The number of rotatable bonds is 4. The molecule has 1 saturated heterocycles. The Kier molecular flexibility index (Phi) is 4.65. The van der Waals surface area contributed by atoms with Crippen molar-refractivity contribution in [3.63, 3.8) is 0 Å². The number of ether oxygens (including phenoxy) is 1. The van der Waals surface area contributed by atoms with E-state index in [9.17, 15) is 8.60 Å². The highest BCUT2D eigenvalue weighted by molar-refractivity contribution is 7.85. The minimum Gasteiger partial charge on any atom is -0.379 e. The van der Waals surface area contributed by atoms with Gasteiger partial charge in [0.05, 0.1) is 28.9 Å². The van der Waals surface area contributed by atoms with Gasteiger partial charge in [-0.3, -0.25) is 9.11 Å². The first-order valence-corrected chi connectivity index (χ1v) is 7.02. The van der Waals surface area contributed by atoms with Gasteiger partial charge in [0.1, 0.15) is 5.82 Å². The van der Waals surface area contributed by atoms with Gasteiger partial charge in [-0.05, 0) is 12.1 Å². The number of morpholine rings is 1. The molecule has 94 valence electrons. The van der Waals surface area contributed by atoms with Crippen molar-refractivity contribution in [2.75, 3.05) is 38.6 Å². The van der Waals surface area contributed by atoms with Crippen LogP contribution in [0.25, 0.3) is 0 Å². The number of halogens is 1. The predicted molar refractivity (Wildman–Crippen MR) is 64.9 cm³/mol. The summed E-state index contributed by atoms with van der Waals surface area (Å²) in [7, 11) is -1.25. The molecule has 0 radical (unpaired) electrons. The molecule has 1 aliphatic heterocycles. The standard InChI is InChI=1S/C12H16FNO2S/c13-11-3-1-2-4-12(11)17(15)10-7-14-5-8-16-9-6-14/h1-4H,5-10H2. The van der Waals surface area contributed by atoms with E-state index in [1.165, 1.54) is 6.07 Å². The molecule has 5 heteroatoms. The maximum absolute atomic E-state index is 13.4. The average molecular weight is 257 g/mol. The Morgan fingerprint density at radius 1 is 1.29 bits per heavy atom. The van der Waals surface area contributed by atoms with E-state index < -0.39 is 10.8 Å². The molecule has 2 rings (SSSR count). The molecule has 0 aliphatic carbocycles. The van der Waals surface area contributed by atoms with Gasteiger partial charge in [0.15, 0.2) is 0 Å². The molecular weight excluding hydrogens is 241 g/mol. The normalized spacial score (nSPS) is 19.1. The zero-order chi connectivity index (χ0) is 12.1. The first-order chi connectivity index (χ1) is 8.27. The summed E-state index contributed by atoms with van der Waals surface area (Å²) in [6.07, 6.45) is 0. The van der Waals surface area contributed by atoms with Gasteiger partial charge in [-0.1, -0.05) is 12.1 Å². The fourth-order valence-electron chi connectivity index (χ4n) is 1.78. The quantitative estimate of drug-likeness (QED) is 0.813. The summed E-state index contributed by atoms with van der Waals surface area (Å²) in [5.74, 6) is 0.0915. The van der Waals surface area contributed by atoms with Crippen LogP contribution >= 0.6 is 0 Å². The fourth-order valence-corrected chi connectivity index (χ4v) is 2.94. The van der Waals surface area contributed by atoms with Crippen molar-refractivity contribution in [1.29, 1.82) is 0 Å². The van der Waals surface area contributed by atoms with E-state index in [4.69, 9.17) is 4.74 Å². The zero-order valence-electron chi connectivity index (χ0n) is 9.60. The molecule has 1 unspecified atom stereocenters. The van der Waals surface area contributed by atoms with E-state index in [1.807, 2.05) is 0 Å². The highest BCUT2D eigenvalue weighted by Gasteiger charge is 2.13. The summed E-state index contributed by atoms with van der Waals surface area (Å²) >= 11 is 0. The van der Waals surface area contributed by atoms with E-state index >= 15 is 0 Å². The Balaban J connectivity index is 1.87. The lowest BCUT2D eigenvalue weighted by molar-refractivity contribution is 0.0409. The van der Waals surface area contributed by atoms with E-state index in [0.29, 0.717) is 10.6 Å². The topological polar surface area (TPSA) is 29.5 Å². The van der Waals surface area contributed by atoms with Crippen LogP contribution in [-0.2, 0) is 15.5 Å².